The van der Waals surface area contributed by atoms with Crippen molar-refractivity contribution in [2.45, 2.75) is 13.0 Å². The molecule has 0 spiro atoms. The number of thioether (sulfide) groups is 1. The molecule has 2 saturated heterocycles. The monoisotopic (exact) mass is 407 g/mol. The van der Waals surface area contributed by atoms with Crippen LogP contribution >= 0.6 is 11.8 Å². The maximum atomic E-state index is 12.5. The Balaban J connectivity index is 1.45. The molecule has 3 amide bonds. The number of nitrogens with zero attached hydrogens (tertiary/aromatic N) is 2. The van der Waals surface area contributed by atoms with Gasteiger partial charge in [0.05, 0.1) is 44.7 Å². The molecule has 0 bridgehead atoms. The normalized spacial score (nSPS) is 19.1. The van der Waals surface area contributed by atoms with E-state index in [9.17, 15) is 14.4 Å². The van der Waals surface area contributed by atoms with Crippen LogP contribution in [0.2, 0.25) is 0 Å². The van der Waals surface area contributed by atoms with E-state index in [1.807, 2.05) is 25.1 Å². The molecule has 8 nitrogen and oxygen atoms in total. The first kappa shape index (κ1) is 20.5. The van der Waals surface area contributed by atoms with Crippen molar-refractivity contribution in [2.24, 2.45) is 0 Å². The van der Waals surface area contributed by atoms with E-state index in [4.69, 9.17) is 4.74 Å². The minimum absolute atomic E-state index is 0.0486. The van der Waals surface area contributed by atoms with E-state index in [2.05, 4.69) is 16.3 Å². The number of nitrogens with one attached hydrogen (secondary N) is 2. The van der Waals surface area contributed by atoms with Crippen LogP contribution in [0.1, 0.15) is 6.92 Å². The molecular weight excluding hydrogens is 380 g/mol. The number of ether oxygens (including phenoxy) is 1. The van der Waals surface area contributed by atoms with Crippen molar-refractivity contribution >= 4 is 34.5 Å². The third-order valence-corrected chi connectivity index (χ3v) is 6.17. The molecule has 0 saturated carbocycles. The minimum Gasteiger partial charge on any atom is -0.495 e. The van der Waals surface area contributed by atoms with E-state index >= 15 is 0 Å². The molecule has 3 rings (SSSR count). The highest BCUT2D eigenvalue weighted by Crippen LogP contribution is 2.27. The van der Waals surface area contributed by atoms with Crippen molar-refractivity contribution in [2.75, 3.05) is 57.0 Å². The molecule has 1 atom stereocenters. The van der Waals surface area contributed by atoms with E-state index in [1.165, 1.54) is 9.80 Å². The van der Waals surface area contributed by atoms with Gasteiger partial charge in [0.2, 0.25) is 5.91 Å². The molecule has 0 radical (unpaired) electrons. The first-order valence-corrected chi connectivity index (χ1v) is 10.5. The summed E-state index contributed by atoms with van der Waals surface area (Å²) in [4.78, 5) is 40.4. The van der Waals surface area contributed by atoms with Gasteiger partial charge in [0, 0.05) is 13.1 Å². The molecule has 2 fully saturated rings. The van der Waals surface area contributed by atoms with Gasteiger partial charge in [-0.1, -0.05) is 23.9 Å². The summed E-state index contributed by atoms with van der Waals surface area (Å²) in [6.45, 7) is 5.86. The lowest BCUT2D eigenvalue weighted by Gasteiger charge is -2.36. The summed E-state index contributed by atoms with van der Waals surface area (Å²) in [5.74, 6) is 0.827. The molecule has 152 valence electrons. The number of carbonyl (C=O) groups is 3. The van der Waals surface area contributed by atoms with E-state index in [-0.39, 0.29) is 35.4 Å². The van der Waals surface area contributed by atoms with Gasteiger partial charge in [-0.15, -0.1) is 0 Å². The lowest BCUT2D eigenvalue weighted by atomic mass is 10.2. The third kappa shape index (κ3) is 4.59. The van der Waals surface area contributed by atoms with Gasteiger partial charge in [-0.2, -0.15) is 0 Å². The predicted octanol–water partition coefficient (Wildman–Crippen LogP) is -0.400. The molecule has 0 unspecified atom stereocenters. The number of piperazine rings is 1. The topological polar surface area (TPSA) is 83.4 Å². The number of carbonyl (C=O) groups excluding carboxylic acids is 3. The van der Waals surface area contributed by atoms with Crippen LogP contribution in [0.4, 0.5) is 10.5 Å². The van der Waals surface area contributed by atoms with Gasteiger partial charge < -0.3 is 19.9 Å². The fourth-order valence-electron chi connectivity index (χ4n) is 3.59. The summed E-state index contributed by atoms with van der Waals surface area (Å²) in [7, 11) is 1.68. The second-order valence-corrected chi connectivity index (χ2v) is 7.86. The molecule has 2 aliphatic heterocycles. The zero-order valence-electron chi connectivity index (χ0n) is 16.3. The first-order valence-electron chi connectivity index (χ1n) is 9.48. The summed E-state index contributed by atoms with van der Waals surface area (Å²) >= 11 is 1.01. The Morgan fingerprint density at radius 3 is 2.64 bits per heavy atom. The van der Waals surface area contributed by atoms with Crippen LogP contribution in [-0.4, -0.2) is 80.1 Å². The Morgan fingerprint density at radius 1 is 1.29 bits per heavy atom. The number of anilines is 1. The molecular formula is C19H27N4O4S+. The van der Waals surface area contributed by atoms with Gasteiger partial charge in [0.15, 0.2) is 6.04 Å². The van der Waals surface area contributed by atoms with Crippen LogP contribution < -0.4 is 19.9 Å². The number of imide groups is 1. The van der Waals surface area contributed by atoms with E-state index in [0.29, 0.717) is 6.54 Å². The van der Waals surface area contributed by atoms with Crippen molar-refractivity contribution in [1.82, 2.24) is 10.2 Å². The zero-order valence-corrected chi connectivity index (χ0v) is 17.1. The highest BCUT2D eigenvalue weighted by Gasteiger charge is 2.31. The minimum atomic E-state index is -0.231. The summed E-state index contributed by atoms with van der Waals surface area (Å²) in [6, 6.07) is 7.79. The smallest absolute Gasteiger partial charge is 0.288 e. The maximum absolute atomic E-state index is 12.5. The van der Waals surface area contributed by atoms with Crippen LogP contribution in [0.5, 0.6) is 5.75 Å². The van der Waals surface area contributed by atoms with Gasteiger partial charge in [-0.25, -0.2) is 0 Å². The van der Waals surface area contributed by atoms with E-state index in [1.54, 1.807) is 7.11 Å². The van der Waals surface area contributed by atoms with E-state index in [0.717, 1.165) is 49.4 Å². The second-order valence-electron chi connectivity index (χ2n) is 6.93. The van der Waals surface area contributed by atoms with Crippen LogP contribution in [0.3, 0.4) is 0 Å². The molecule has 28 heavy (non-hydrogen) atoms. The quantitative estimate of drug-likeness (QED) is 0.640. The lowest BCUT2D eigenvalue weighted by Crippen LogP contribution is -3.19. The molecule has 2 N–H and O–H groups in total. The number of hydrogen-bond donors (Lipinski definition) is 2. The highest BCUT2D eigenvalue weighted by molar-refractivity contribution is 8.14. The predicted molar refractivity (Wildman–Crippen MR) is 108 cm³/mol. The second kappa shape index (κ2) is 9.29. The number of amides is 3. The standard InChI is InChI=1S/C19H26N4O4S/c1-14(18(25)20-7-8-23-17(24)13-28-19(23)26)21-9-11-22(12-10-21)15-5-3-4-6-16(15)27-2/h3-6,14H,7-13H2,1-2H3,(H,20,25)/p+1/t14-/m1/s1. The van der Waals surface area contributed by atoms with Crippen LogP contribution in [-0.2, 0) is 9.59 Å². The fraction of sp³-hybridized carbons (Fsp3) is 0.526. The number of para-hydroxylation sites is 2. The summed E-state index contributed by atoms with van der Waals surface area (Å²) < 4.78 is 5.45. The Bertz CT molecular complexity index is 720. The maximum Gasteiger partial charge on any atom is 0.288 e. The van der Waals surface area contributed by atoms with E-state index < -0.39 is 0 Å². The average Bonchev–Trinajstić information content (AvgIpc) is 3.05. The Hall–Kier alpha value is -2.26. The lowest BCUT2D eigenvalue weighted by molar-refractivity contribution is -0.914. The molecule has 2 heterocycles. The summed E-state index contributed by atoms with van der Waals surface area (Å²) in [5.41, 5.74) is 1.08. The molecule has 2 aliphatic rings. The molecule has 0 aromatic heterocycles. The van der Waals surface area contributed by atoms with Gasteiger partial charge >= 0.3 is 0 Å². The molecule has 0 aliphatic carbocycles. The summed E-state index contributed by atoms with van der Waals surface area (Å²) in [5, 5.41) is 2.63. The van der Waals surface area contributed by atoms with Gasteiger partial charge in [-0.05, 0) is 19.1 Å². The molecule has 1 aromatic carbocycles. The van der Waals surface area contributed by atoms with Crippen LogP contribution in [0.25, 0.3) is 0 Å². The van der Waals surface area contributed by atoms with Gasteiger partial charge in [0.1, 0.15) is 5.75 Å². The van der Waals surface area contributed by atoms with Crippen LogP contribution in [0, 0.1) is 0 Å². The Labute approximate surface area is 169 Å². The molecule has 9 heteroatoms. The number of rotatable bonds is 7. The third-order valence-electron chi connectivity index (χ3n) is 5.31. The van der Waals surface area contributed by atoms with Crippen molar-refractivity contribution in [1.29, 1.82) is 0 Å². The van der Waals surface area contributed by atoms with Gasteiger partial charge in [0.25, 0.3) is 11.1 Å². The number of quaternary nitrogens is 1. The zero-order chi connectivity index (χ0) is 20.1. The van der Waals surface area contributed by atoms with Gasteiger partial charge in [-0.3, -0.25) is 19.3 Å². The first-order chi connectivity index (χ1) is 13.5. The van der Waals surface area contributed by atoms with Crippen molar-refractivity contribution < 1.29 is 24.0 Å². The highest BCUT2D eigenvalue weighted by atomic mass is 32.2. The van der Waals surface area contributed by atoms with Crippen LogP contribution in [0.15, 0.2) is 24.3 Å². The fourth-order valence-corrected chi connectivity index (χ4v) is 4.34. The summed E-state index contributed by atoms with van der Waals surface area (Å²) in [6.07, 6.45) is 0. The van der Waals surface area contributed by atoms with Crippen molar-refractivity contribution in [3.63, 3.8) is 0 Å². The van der Waals surface area contributed by atoms with Crippen molar-refractivity contribution in [3.8, 4) is 5.75 Å². The Morgan fingerprint density at radius 2 is 2.00 bits per heavy atom. The largest absolute Gasteiger partial charge is 0.495 e. The number of benzene rings is 1. The van der Waals surface area contributed by atoms with Crippen molar-refractivity contribution in [3.05, 3.63) is 24.3 Å². The molecule has 1 aromatic rings. The number of methoxy groups -OCH3 is 1. The number of hydrogen-bond acceptors (Lipinski definition) is 6. The SMILES string of the molecule is COc1ccccc1N1CC[NH+]([C@H](C)C(=O)NCCN2C(=O)CSC2=O)CC1. The average molecular weight is 408 g/mol. The Kier molecular flexibility index (Phi) is 6.79.